The Morgan fingerprint density at radius 3 is 2.68 bits per heavy atom. The molecule has 6 heteroatoms. The topological polar surface area (TPSA) is 60.7 Å². The van der Waals surface area contributed by atoms with Crippen LogP contribution >= 0.6 is 11.8 Å². The van der Waals surface area contributed by atoms with Crippen LogP contribution in [0.4, 0.5) is 0 Å². The van der Waals surface area contributed by atoms with E-state index in [9.17, 15) is 4.79 Å². The van der Waals surface area contributed by atoms with E-state index >= 15 is 0 Å². The molecule has 0 spiro atoms. The number of nitrogens with zero attached hydrogens (tertiary/aromatic N) is 4. The molecule has 1 aromatic carbocycles. The Morgan fingerprint density at radius 1 is 1.04 bits per heavy atom. The Labute approximate surface area is 150 Å². The zero-order valence-electron chi connectivity index (χ0n) is 13.8. The van der Waals surface area contributed by atoms with E-state index < -0.39 is 0 Å². The lowest BCUT2D eigenvalue weighted by Gasteiger charge is -2.19. The van der Waals surface area contributed by atoms with E-state index in [4.69, 9.17) is 4.98 Å². The minimum atomic E-state index is 0.0752. The molecule has 1 aliphatic rings. The molecule has 25 heavy (non-hydrogen) atoms. The Bertz CT molecular complexity index is 925. The summed E-state index contributed by atoms with van der Waals surface area (Å²) < 4.78 is 1.75. The van der Waals surface area contributed by atoms with E-state index in [2.05, 4.69) is 10.2 Å². The summed E-state index contributed by atoms with van der Waals surface area (Å²) in [6.07, 6.45) is 7.32. The molecule has 0 saturated carbocycles. The average Bonchev–Trinajstić information content (AvgIpc) is 2.68. The van der Waals surface area contributed by atoms with Gasteiger partial charge in [-0.3, -0.25) is 9.36 Å². The van der Waals surface area contributed by atoms with Crippen molar-refractivity contribution in [1.82, 2.24) is 19.7 Å². The fraction of sp³-hybridized carbons (Fsp3) is 0.263. The van der Waals surface area contributed by atoms with Crippen LogP contribution in [0.2, 0.25) is 0 Å². The molecule has 4 rings (SSSR count). The highest BCUT2D eigenvalue weighted by atomic mass is 32.2. The van der Waals surface area contributed by atoms with E-state index in [1.54, 1.807) is 28.7 Å². The summed E-state index contributed by atoms with van der Waals surface area (Å²) in [4.78, 5) is 18.0. The second-order valence-electron chi connectivity index (χ2n) is 6.04. The van der Waals surface area contributed by atoms with Crippen LogP contribution in [0.3, 0.4) is 0 Å². The molecule has 0 radical (unpaired) electrons. The highest BCUT2D eigenvalue weighted by molar-refractivity contribution is 7.98. The number of rotatable bonds is 4. The minimum absolute atomic E-state index is 0.0752. The van der Waals surface area contributed by atoms with Crippen LogP contribution in [0.15, 0.2) is 58.7 Å². The normalized spacial score (nSPS) is 13.4. The maximum atomic E-state index is 13.1. The first-order valence-electron chi connectivity index (χ1n) is 8.41. The molecule has 5 nitrogen and oxygen atoms in total. The summed E-state index contributed by atoms with van der Waals surface area (Å²) in [5, 5.41) is 8.46. The van der Waals surface area contributed by atoms with Crippen LogP contribution < -0.4 is 5.56 Å². The van der Waals surface area contributed by atoms with Gasteiger partial charge in [0, 0.05) is 17.5 Å². The van der Waals surface area contributed by atoms with Gasteiger partial charge in [0.25, 0.3) is 5.56 Å². The van der Waals surface area contributed by atoms with Gasteiger partial charge >= 0.3 is 0 Å². The minimum Gasteiger partial charge on any atom is -0.269 e. The van der Waals surface area contributed by atoms with E-state index in [0.29, 0.717) is 5.75 Å². The van der Waals surface area contributed by atoms with Gasteiger partial charge in [-0.25, -0.2) is 4.98 Å². The smallest absolute Gasteiger partial charge is 0.262 e. The molecule has 0 fully saturated rings. The Kier molecular flexibility index (Phi) is 4.61. The molecule has 2 aromatic heterocycles. The molecular weight excluding hydrogens is 332 g/mol. The Morgan fingerprint density at radius 2 is 1.88 bits per heavy atom. The van der Waals surface area contributed by atoms with Gasteiger partial charge in [-0.15, -0.1) is 0 Å². The standard InChI is InChI=1S/C19H18N4OS/c24-18-16-8-4-5-9-17(16)22-19(23(18)15-6-2-1-3-7-15)25-13-14-10-11-20-21-12-14/h1-3,6-7,10-12H,4-5,8-9,13H2. The molecule has 0 N–H and O–H groups in total. The van der Waals surface area contributed by atoms with Gasteiger partial charge in [0.1, 0.15) is 0 Å². The van der Waals surface area contributed by atoms with Crippen LogP contribution in [0, 0.1) is 0 Å². The van der Waals surface area contributed by atoms with Gasteiger partial charge in [-0.05, 0) is 49.4 Å². The van der Waals surface area contributed by atoms with E-state index in [-0.39, 0.29) is 5.56 Å². The van der Waals surface area contributed by atoms with Gasteiger partial charge in [-0.2, -0.15) is 10.2 Å². The quantitative estimate of drug-likeness (QED) is 0.534. The van der Waals surface area contributed by atoms with E-state index in [1.165, 1.54) is 0 Å². The van der Waals surface area contributed by atoms with E-state index in [1.807, 2.05) is 36.4 Å². The van der Waals surface area contributed by atoms with Crippen molar-refractivity contribution in [3.8, 4) is 5.69 Å². The first kappa shape index (κ1) is 16.0. The number of thioether (sulfide) groups is 1. The average molecular weight is 350 g/mol. The predicted octanol–water partition coefficient (Wildman–Crippen LogP) is 3.19. The molecule has 0 amide bonds. The first-order valence-corrected chi connectivity index (χ1v) is 9.40. The second-order valence-corrected chi connectivity index (χ2v) is 6.98. The summed E-state index contributed by atoms with van der Waals surface area (Å²) in [7, 11) is 0. The van der Waals surface area contributed by atoms with Crippen molar-refractivity contribution < 1.29 is 0 Å². The highest BCUT2D eigenvalue weighted by Gasteiger charge is 2.20. The van der Waals surface area contributed by atoms with Crippen molar-refractivity contribution in [3.63, 3.8) is 0 Å². The fourth-order valence-electron chi connectivity index (χ4n) is 3.08. The summed E-state index contributed by atoms with van der Waals surface area (Å²) in [6, 6.07) is 11.7. The van der Waals surface area contributed by atoms with Gasteiger partial charge < -0.3 is 0 Å². The number of aryl methyl sites for hydroxylation is 1. The molecule has 3 aromatic rings. The Hall–Kier alpha value is -2.47. The van der Waals surface area contributed by atoms with Crippen molar-refractivity contribution in [2.45, 2.75) is 36.6 Å². The molecule has 0 atom stereocenters. The third kappa shape index (κ3) is 3.35. The number of fused-ring (bicyclic) bond motifs is 1. The molecule has 0 aliphatic heterocycles. The fourth-order valence-corrected chi connectivity index (χ4v) is 4.04. The van der Waals surface area contributed by atoms with Crippen LogP contribution in [0.5, 0.6) is 0 Å². The Balaban J connectivity index is 1.78. The van der Waals surface area contributed by atoms with Gasteiger partial charge in [0.2, 0.25) is 0 Å². The molecule has 126 valence electrons. The van der Waals surface area contributed by atoms with Crippen LogP contribution in [-0.4, -0.2) is 19.7 Å². The number of hydrogen-bond donors (Lipinski definition) is 0. The monoisotopic (exact) mass is 350 g/mol. The zero-order valence-corrected chi connectivity index (χ0v) is 14.6. The SMILES string of the molecule is O=c1c2c(nc(SCc3ccnnc3)n1-c1ccccc1)CCCC2. The van der Waals surface area contributed by atoms with Crippen molar-refractivity contribution in [3.05, 3.63) is 76.0 Å². The van der Waals surface area contributed by atoms with Crippen molar-refractivity contribution in [2.75, 3.05) is 0 Å². The summed E-state index contributed by atoms with van der Waals surface area (Å²) >= 11 is 1.57. The molecule has 0 bridgehead atoms. The molecule has 0 unspecified atom stereocenters. The van der Waals surface area contributed by atoms with Gasteiger partial charge in [-0.1, -0.05) is 30.0 Å². The van der Waals surface area contributed by atoms with Crippen molar-refractivity contribution in [2.24, 2.45) is 0 Å². The summed E-state index contributed by atoms with van der Waals surface area (Å²) in [5.74, 6) is 0.702. The zero-order chi connectivity index (χ0) is 17.1. The number of benzene rings is 1. The molecule has 1 aliphatic carbocycles. The molecule has 0 saturated heterocycles. The predicted molar refractivity (Wildman–Crippen MR) is 98.1 cm³/mol. The number of para-hydroxylation sites is 1. The van der Waals surface area contributed by atoms with Crippen LogP contribution in [-0.2, 0) is 18.6 Å². The lowest BCUT2D eigenvalue weighted by molar-refractivity contribution is 0.622. The van der Waals surface area contributed by atoms with E-state index in [0.717, 1.165) is 53.3 Å². The summed E-state index contributed by atoms with van der Waals surface area (Å²) in [5.41, 5.74) is 3.85. The van der Waals surface area contributed by atoms with Crippen molar-refractivity contribution in [1.29, 1.82) is 0 Å². The largest absolute Gasteiger partial charge is 0.269 e. The summed E-state index contributed by atoms with van der Waals surface area (Å²) in [6.45, 7) is 0. The lowest BCUT2D eigenvalue weighted by Crippen LogP contribution is -2.29. The first-order chi connectivity index (χ1) is 12.3. The van der Waals surface area contributed by atoms with Gasteiger partial charge in [0.15, 0.2) is 5.16 Å². The third-order valence-electron chi connectivity index (χ3n) is 4.35. The second kappa shape index (κ2) is 7.19. The van der Waals surface area contributed by atoms with Gasteiger partial charge in [0.05, 0.1) is 17.6 Å². The van der Waals surface area contributed by atoms with Crippen LogP contribution in [0.25, 0.3) is 5.69 Å². The highest BCUT2D eigenvalue weighted by Crippen LogP contribution is 2.25. The molecular formula is C19H18N4OS. The maximum Gasteiger partial charge on any atom is 0.262 e. The number of hydrogen-bond acceptors (Lipinski definition) is 5. The van der Waals surface area contributed by atoms with Crippen LogP contribution in [0.1, 0.15) is 29.7 Å². The van der Waals surface area contributed by atoms with Crippen molar-refractivity contribution >= 4 is 11.8 Å². The molecule has 2 heterocycles. The maximum absolute atomic E-state index is 13.1. The number of aromatic nitrogens is 4. The lowest BCUT2D eigenvalue weighted by atomic mass is 9.97. The third-order valence-corrected chi connectivity index (χ3v) is 5.36.